The molecular weight excluding hydrogens is 384 g/mol. The maximum absolute atomic E-state index is 5.68. The van der Waals surface area contributed by atoms with E-state index in [2.05, 4.69) is 39.7 Å². The van der Waals surface area contributed by atoms with Crippen LogP contribution in [0.1, 0.15) is 51.9 Å². The summed E-state index contributed by atoms with van der Waals surface area (Å²) in [6, 6.07) is 8.85. The monoisotopic (exact) mass is 410 g/mol. The number of aryl methyl sites for hydroxylation is 1. The Bertz CT molecular complexity index is 996. The lowest BCUT2D eigenvalue weighted by Gasteiger charge is -2.37. The fraction of sp³-hybridized carbons (Fsp3) is 0.435. The molecule has 3 aromatic rings. The first-order chi connectivity index (χ1) is 14.3. The van der Waals surface area contributed by atoms with Gasteiger partial charge in [0.1, 0.15) is 11.5 Å². The summed E-state index contributed by atoms with van der Waals surface area (Å²) in [5.74, 6) is 2.69. The molecule has 1 unspecified atom stereocenters. The van der Waals surface area contributed by atoms with Crippen LogP contribution in [0.4, 0.5) is 0 Å². The Morgan fingerprint density at radius 2 is 1.97 bits per heavy atom. The van der Waals surface area contributed by atoms with Gasteiger partial charge in [0, 0.05) is 30.0 Å². The third-order valence-corrected chi connectivity index (χ3v) is 7.10. The van der Waals surface area contributed by atoms with Crippen molar-refractivity contribution in [1.82, 2.24) is 10.1 Å². The van der Waals surface area contributed by atoms with Crippen LogP contribution in [0.15, 0.2) is 34.2 Å². The Balaban J connectivity index is 1.54. The van der Waals surface area contributed by atoms with Crippen LogP contribution >= 0.6 is 11.3 Å². The van der Waals surface area contributed by atoms with Crippen LogP contribution in [-0.2, 0) is 25.8 Å². The fourth-order valence-corrected chi connectivity index (χ4v) is 5.59. The summed E-state index contributed by atoms with van der Waals surface area (Å²) in [5.41, 5.74) is 5.10. The van der Waals surface area contributed by atoms with Crippen molar-refractivity contribution in [2.45, 2.75) is 44.7 Å². The maximum Gasteiger partial charge on any atom is 0.161 e. The minimum Gasteiger partial charge on any atom is -0.493 e. The standard InChI is InChI=1S/C23H26N2O3S/c1-26-20-12-15-9-10-25(14-18-16-6-3-4-7-19(16)28-24-18)23(22-8-5-11-29-22)17(15)13-21(20)27-2/h5,8,11-13,23H,3-4,6-7,9-10,14H2,1-2H3. The number of hydrogen-bond acceptors (Lipinski definition) is 6. The Morgan fingerprint density at radius 1 is 1.14 bits per heavy atom. The van der Waals surface area contributed by atoms with Gasteiger partial charge in [-0.15, -0.1) is 11.3 Å². The van der Waals surface area contributed by atoms with E-state index in [9.17, 15) is 0 Å². The molecule has 0 spiro atoms. The molecule has 0 saturated heterocycles. The van der Waals surface area contributed by atoms with Gasteiger partial charge < -0.3 is 14.0 Å². The quantitative estimate of drug-likeness (QED) is 0.606. The molecule has 5 rings (SSSR count). The summed E-state index contributed by atoms with van der Waals surface area (Å²) in [4.78, 5) is 3.88. The molecule has 29 heavy (non-hydrogen) atoms. The van der Waals surface area contributed by atoms with Crippen molar-refractivity contribution in [2.24, 2.45) is 0 Å². The van der Waals surface area contributed by atoms with Gasteiger partial charge in [0.15, 0.2) is 11.5 Å². The van der Waals surface area contributed by atoms with E-state index in [-0.39, 0.29) is 6.04 Å². The van der Waals surface area contributed by atoms with E-state index in [1.165, 1.54) is 34.4 Å². The van der Waals surface area contributed by atoms with Crippen LogP contribution in [0.25, 0.3) is 0 Å². The molecule has 0 fully saturated rings. The summed E-state index contributed by atoms with van der Waals surface area (Å²) >= 11 is 1.80. The van der Waals surface area contributed by atoms with Crippen molar-refractivity contribution >= 4 is 11.3 Å². The fourth-order valence-electron chi connectivity index (χ4n) is 4.71. The SMILES string of the molecule is COc1cc2c(cc1OC)C(c1cccs1)N(Cc1noc3c1CCCC3)CC2. The first-order valence-electron chi connectivity index (χ1n) is 10.3. The van der Waals surface area contributed by atoms with Crippen LogP contribution in [0.2, 0.25) is 0 Å². The Labute approximate surface area is 175 Å². The molecule has 1 atom stereocenters. The average molecular weight is 411 g/mol. The van der Waals surface area contributed by atoms with Crippen molar-refractivity contribution < 1.29 is 14.0 Å². The number of ether oxygens (including phenoxy) is 2. The Hall–Kier alpha value is -2.31. The van der Waals surface area contributed by atoms with Crippen molar-refractivity contribution in [1.29, 1.82) is 0 Å². The van der Waals surface area contributed by atoms with Gasteiger partial charge in [-0.3, -0.25) is 4.90 Å². The lowest BCUT2D eigenvalue weighted by molar-refractivity contribution is 0.199. The Kier molecular flexibility index (Phi) is 5.06. The summed E-state index contributed by atoms with van der Waals surface area (Å²) in [7, 11) is 3.40. The first kappa shape index (κ1) is 18.7. The predicted molar refractivity (Wildman–Crippen MR) is 113 cm³/mol. The molecular formula is C23H26N2O3S. The topological polar surface area (TPSA) is 47.7 Å². The number of rotatable bonds is 5. The van der Waals surface area contributed by atoms with E-state index >= 15 is 0 Å². The molecule has 152 valence electrons. The zero-order chi connectivity index (χ0) is 19.8. The summed E-state index contributed by atoms with van der Waals surface area (Å²) < 4.78 is 16.8. The molecule has 1 aliphatic heterocycles. The molecule has 0 bridgehead atoms. The van der Waals surface area contributed by atoms with Crippen LogP contribution in [0.5, 0.6) is 11.5 Å². The van der Waals surface area contributed by atoms with E-state index in [4.69, 9.17) is 14.0 Å². The summed E-state index contributed by atoms with van der Waals surface area (Å²) in [6.07, 6.45) is 5.54. The minimum atomic E-state index is 0.189. The van der Waals surface area contributed by atoms with Gasteiger partial charge in [-0.25, -0.2) is 0 Å². The van der Waals surface area contributed by atoms with Crippen molar-refractivity contribution in [3.05, 3.63) is 62.7 Å². The third-order valence-electron chi connectivity index (χ3n) is 6.17. The zero-order valence-electron chi connectivity index (χ0n) is 16.9. The number of aromatic nitrogens is 1. The lowest BCUT2D eigenvalue weighted by Crippen LogP contribution is -2.35. The second-order valence-corrected chi connectivity index (χ2v) is 8.76. The van der Waals surface area contributed by atoms with Gasteiger partial charge in [-0.2, -0.15) is 0 Å². The van der Waals surface area contributed by atoms with E-state index in [1.54, 1.807) is 25.6 Å². The van der Waals surface area contributed by atoms with Crippen molar-refractivity contribution in [2.75, 3.05) is 20.8 Å². The van der Waals surface area contributed by atoms with Crippen molar-refractivity contribution in [3.8, 4) is 11.5 Å². The summed E-state index contributed by atoms with van der Waals surface area (Å²) in [5, 5.41) is 6.62. The summed E-state index contributed by atoms with van der Waals surface area (Å²) in [6.45, 7) is 1.79. The number of thiophene rings is 1. The average Bonchev–Trinajstić information content (AvgIpc) is 3.43. The molecule has 3 heterocycles. The molecule has 6 heteroatoms. The smallest absolute Gasteiger partial charge is 0.161 e. The lowest BCUT2D eigenvalue weighted by atomic mass is 9.90. The number of methoxy groups -OCH3 is 2. The van der Waals surface area contributed by atoms with Crippen LogP contribution in [0.3, 0.4) is 0 Å². The number of hydrogen-bond donors (Lipinski definition) is 0. The van der Waals surface area contributed by atoms with Gasteiger partial charge in [0.05, 0.1) is 20.3 Å². The minimum absolute atomic E-state index is 0.189. The molecule has 1 aliphatic carbocycles. The number of benzene rings is 1. The van der Waals surface area contributed by atoms with Gasteiger partial charge in [-0.1, -0.05) is 11.2 Å². The molecule has 2 aromatic heterocycles. The van der Waals surface area contributed by atoms with Crippen LogP contribution in [-0.4, -0.2) is 30.8 Å². The Morgan fingerprint density at radius 3 is 2.76 bits per heavy atom. The molecule has 0 saturated carbocycles. The molecule has 0 amide bonds. The number of nitrogens with zero attached hydrogens (tertiary/aromatic N) is 2. The van der Waals surface area contributed by atoms with Gasteiger partial charge in [-0.05, 0) is 60.4 Å². The highest BCUT2D eigenvalue weighted by Crippen LogP contribution is 2.43. The normalized spacial score (nSPS) is 18.9. The second kappa shape index (κ2) is 7.84. The highest BCUT2D eigenvalue weighted by atomic mass is 32.1. The zero-order valence-corrected chi connectivity index (χ0v) is 17.8. The van der Waals surface area contributed by atoms with Crippen LogP contribution in [0, 0.1) is 0 Å². The van der Waals surface area contributed by atoms with Gasteiger partial charge in [0.2, 0.25) is 0 Å². The third kappa shape index (κ3) is 3.34. The molecule has 0 N–H and O–H groups in total. The highest BCUT2D eigenvalue weighted by molar-refractivity contribution is 7.10. The second-order valence-electron chi connectivity index (χ2n) is 7.78. The number of fused-ring (bicyclic) bond motifs is 2. The van der Waals surface area contributed by atoms with E-state index in [0.29, 0.717) is 0 Å². The highest BCUT2D eigenvalue weighted by Gasteiger charge is 2.32. The maximum atomic E-state index is 5.68. The molecule has 2 aliphatic rings. The van der Waals surface area contributed by atoms with Gasteiger partial charge in [0.25, 0.3) is 0 Å². The predicted octanol–water partition coefficient (Wildman–Crippen LogP) is 4.78. The molecule has 0 radical (unpaired) electrons. The van der Waals surface area contributed by atoms with E-state index in [1.807, 2.05) is 0 Å². The first-order valence-corrected chi connectivity index (χ1v) is 11.1. The largest absolute Gasteiger partial charge is 0.493 e. The van der Waals surface area contributed by atoms with Crippen LogP contribution < -0.4 is 9.47 Å². The van der Waals surface area contributed by atoms with E-state index < -0.39 is 0 Å². The van der Waals surface area contributed by atoms with Crippen molar-refractivity contribution in [3.63, 3.8) is 0 Å². The molecule has 5 nitrogen and oxygen atoms in total. The molecule has 1 aromatic carbocycles. The van der Waals surface area contributed by atoms with E-state index in [0.717, 1.165) is 55.3 Å². The van der Waals surface area contributed by atoms with Gasteiger partial charge >= 0.3 is 0 Å².